The molecule has 0 bridgehead atoms. The highest BCUT2D eigenvalue weighted by Crippen LogP contribution is 2.33. The predicted molar refractivity (Wildman–Crippen MR) is 144 cm³/mol. The highest BCUT2D eigenvalue weighted by atomic mass is 79.9. The smallest absolute Gasteiger partial charge is 0.155 e. The molecule has 0 aliphatic rings. The van der Waals surface area contributed by atoms with Gasteiger partial charge >= 0.3 is 0 Å². The maximum atomic E-state index is 9.01. The molecule has 2 atom stereocenters. The largest absolute Gasteiger partial charge is 0.457 e. The number of rotatable bonds is 14. The van der Waals surface area contributed by atoms with Gasteiger partial charge in [-0.25, -0.2) is 0 Å². The molecule has 0 heterocycles. The number of nitriles is 1. The first-order valence-electron chi connectivity index (χ1n) is 12.2. The minimum absolute atomic E-state index is 0.263. The molecule has 37 heavy (non-hydrogen) atoms. The van der Waals surface area contributed by atoms with Crippen molar-refractivity contribution in [3.05, 3.63) is 81.8 Å². The fourth-order valence-corrected chi connectivity index (χ4v) is 3.76. The Morgan fingerprint density at radius 2 is 1.24 bits per heavy atom. The van der Waals surface area contributed by atoms with Gasteiger partial charge in [0.1, 0.15) is 23.0 Å². The Labute approximate surface area is 227 Å². The molecule has 3 aromatic rings. The zero-order valence-electron chi connectivity index (χ0n) is 21.5. The minimum atomic E-state index is -0.371. The number of hydrogen-bond acceptors (Lipinski definition) is 7. The van der Waals surface area contributed by atoms with E-state index in [2.05, 4.69) is 22.0 Å². The molecular formula is C29H32BrNO6. The second-order valence-corrected chi connectivity index (χ2v) is 8.89. The van der Waals surface area contributed by atoms with E-state index < -0.39 is 0 Å². The Bertz CT molecular complexity index is 1180. The zero-order valence-corrected chi connectivity index (χ0v) is 23.1. The molecule has 0 amide bonds. The summed E-state index contributed by atoms with van der Waals surface area (Å²) in [6.45, 7) is 9.35. The van der Waals surface area contributed by atoms with Gasteiger partial charge in [0, 0.05) is 23.2 Å². The normalized spacial score (nSPS) is 12.5. The summed E-state index contributed by atoms with van der Waals surface area (Å²) < 4.78 is 35.8. The second-order valence-electron chi connectivity index (χ2n) is 8.03. The van der Waals surface area contributed by atoms with E-state index >= 15 is 0 Å². The topological polar surface area (TPSA) is 79.2 Å². The van der Waals surface area contributed by atoms with Crippen LogP contribution in [0.5, 0.6) is 23.0 Å². The summed E-state index contributed by atoms with van der Waals surface area (Å²) in [7, 11) is 0. The molecule has 0 saturated heterocycles. The lowest BCUT2D eigenvalue weighted by Gasteiger charge is -2.18. The van der Waals surface area contributed by atoms with E-state index in [1.165, 1.54) is 0 Å². The monoisotopic (exact) mass is 569 g/mol. The summed E-state index contributed by atoms with van der Waals surface area (Å²) in [5.41, 5.74) is 2.30. The van der Waals surface area contributed by atoms with Crippen LogP contribution in [0.2, 0.25) is 0 Å². The predicted octanol–water partition coefficient (Wildman–Crippen LogP) is 7.70. The van der Waals surface area contributed by atoms with Crippen molar-refractivity contribution in [3.63, 3.8) is 0 Å². The summed E-state index contributed by atoms with van der Waals surface area (Å²) in [4.78, 5) is 0. The minimum Gasteiger partial charge on any atom is -0.457 e. The van der Waals surface area contributed by atoms with Gasteiger partial charge in [-0.1, -0.05) is 15.9 Å². The fraction of sp³-hybridized carbons (Fsp3) is 0.345. The van der Waals surface area contributed by atoms with Crippen LogP contribution in [0.3, 0.4) is 0 Å². The van der Waals surface area contributed by atoms with Gasteiger partial charge in [0.05, 0.1) is 24.8 Å². The third-order valence-corrected chi connectivity index (χ3v) is 6.02. The molecule has 3 rings (SSSR count). The van der Waals surface area contributed by atoms with E-state index in [1.54, 1.807) is 24.3 Å². The van der Waals surface area contributed by atoms with Gasteiger partial charge in [-0.3, -0.25) is 0 Å². The van der Waals surface area contributed by atoms with E-state index in [0.29, 0.717) is 48.4 Å². The third-order valence-electron chi connectivity index (χ3n) is 5.25. The van der Waals surface area contributed by atoms with Gasteiger partial charge in [-0.15, -0.1) is 0 Å². The van der Waals surface area contributed by atoms with Crippen LogP contribution in [-0.4, -0.2) is 25.8 Å². The quantitative estimate of drug-likeness (QED) is 0.184. The van der Waals surface area contributed by atoms with Crippen LogP contribution < -0.4 is 9.47 Å². The van der Waals surface area contributed by atoms with Crippen LogP contribution in [0.4, 0.5) is 0 Å². The molecule has 8 heteroatoms. The maximum Gasteiger partial charge on any atom is 0.155 e. The van der Waals surface area contributed by atoms with Crippen molar-refractivity contribution in [2.45, 2.75) is 53.5 Å². The molecule has 0 fully saturated rings. The number of nitrogens with zero attached hydrogens (tertiary/aromatic N) is 1. The Hall–Kier alpha value is -2.93. The highest BCUT2D eigenvalue weighted by molar-refractivity contribution is 9.10. The van der Waals surface area contributed by atoms with E-state index in [-0.39, 0.29) is 19.2 Å². The van der Waals surface area contributed by atoms with Crippen molar-refractivity contribution >= 4 is 15.9 Å². The SMILES string of the molecule is CCOC(C)OCc1cc(Oc2ccc(Oc3ccc(C#N)cc3)cc2COC(C)OCC)ccc1Br. The summed E-state index contributed by atoms with van der Waals surface area (Å²) >= 11 is 3.58. The molecule has 0 N–H and O–H groups in total. The van der Waals surface area contributed by atoms with Gasteiger partial charge in [0.15, 0.2) is 12.6 Å². The molecule has 0 saturated carbocycles. The first-order chi connectivity index (χ1) is 17.9. The lowest BCUT2D eigenvalue weighted by molar-refractivity contribution is -0.134. The Morgan fingerprint density at radius 3 is 1.86 bits per heavy atom. The Balaban J connectivity index is 1.80. The average molecular weight is 570 g/mol. The first-order valence-corrected chi connectivity index (χ1v) is 12.9. The standard InChI is InChI=1S/C29H32BrNO6/c1-5-32-20(3)34-18-23-15-27(11-13-28(23)30)37-29-14-12-26(16-24(29)19-35-21(4)33-6-2)36-25-9-7-22(17-31)8-10-25/h7-16,20-21H,5-6,18-19H2,1-4H3. The fourth-order valence-electron chi connectivity index (χ4n) is 3.40. The summed E-state index contributed by atoms with van der Waals surface area (Å²) in [6.07, 6.45) is -0.675. The van der Waals surface area contributed by atoms with Crippen molar-refractivity contribution in [1.82, 2.24) is 0 Å². The van der Waals surface area contributed by atoms with E-state index in [0.717, 1.165) is 15.6 Å². The van der Waals surface area contributed by atoms with Gasteiger partial charge in [-0.2, -0.15) is 5.26 Å². The number of hydrogen-bond donors (Lipinski definition) is 0. The second kappa shape index (κ2) is 14.7. The number of benzene rings is 3. The summed E-state index contributed by atoms with van der Waals surface area (Å²) in [5, 5.41) is 9.01. The number of halogens is 1. The molecule has 0 aliphatic carbocycles. The van der Waals surface area contributed by atoms with Crippen molar-refractivity contribution in [2.24, 2.45) is 0 Å². The average Bonchev–Trinajstić information content (AvgIpc) is 2.89. The van der Waals surface area contributed by atoms with Crippen LogP contribution in [0.15, 0.2) is 65.1 Å². The molecular weight excluding hydrogens is 538 g/mol. The van der Waals surface area contributed by atoms with Crippen molar-refractivity contribution in [1.29, 1.82) is 5.26 Å². The lowest BCUT2D eigenvalue weighted by Crippen LogP contribution is -2.13. The van der Waals surface area contributed by atoms with E-state index in [4.69, 9.17) is 33.7 Å². The third kappa shape index (κ3) is 9.15. The lowest BCUT2D eigenvalue weighted by atomic mass is 10.2. The molecule has 2 unspecified atom stereocenters. The first kappa shape index (κ1) is 28.6. The maximum absolute atomic E-state index is 9.01. The van der Waals surface area contributed by atoms with Crippen LogP contribution >= 0.6 is 15.9 Å². The Kier molecular flexibility index (Phi) is 11.4. The molecule has 0 spiro atoms. The Morgan fingerprint density at radius 1 is 0.703 bits per heavy atom. The van der Waals surface area contributed by atoms with Gasteiger partial charge in [0.2, 0.25) is 0 Å². The van der Waals surface area contributed by atoms with Gasteiger partial charge in [-0.05, 0) is 93.9 Å². The molecule has 0 aromatic heterocycles. The molecule has 7 nitrogen and oxygen atoms in total. The number of ether oxygens (including phenoxy) is 6. The van der Waals surface area contributed by atoms with Crippen molar-refractivity contribution < 1.29 is 28.4 Å². The summed E-state index contributed by atoms with van der Waals surface area (Å²) in [5.74, 6) is 2.54. The highest BCUT2D eigenvalue weighted by Gasteiger charge is 2.13. The van der Waals surface area contributed by atoms with Crippen LogP contribution in [0, 0.1) is 11.3 Å². The van der Waals surface area contributed by atoms with Gasteiger partial charge in [0.25, 0.3) is 0 Å². The van der Waals surface area contributed by atoms with Crippen LogP contribution in [0.1, 0.15) is 44.4 Å². The molecule has 0 aliphatic heterocycles. The van der Waals surface area contributed by atoms with Crippen LogP contribution in [-0.2, 0) is 32.2 Å². The zero-order chi connectivity index (χ0) is 26.6. The van der Waals surface area contributed by atoms with Crippen LogP contribution in [0.25, 0.3) is 0 Å². The molecule has 0 radical (unpaired) electrons. The van der Waals surface area contributed by atoms with Crippen molar-refractivity contribution in [3.8, 4) is 29.1 Å². The molecule has 196 valence electrons. The van der Waals surface area contributed by atoms with E-state index in [9.17, 15) is 0 Å². The summed E-state index contributed by atoms with van der Waals surface area (Å²) in [6, 6.07) is 20.3. The van der Waals surface area contributed by atoms with Gasteiger partial charge < -0.3 is 28.4 Å². The molecule has 3 aromatic carbocycles. The van der Waals surface area contributed by atoms with E-state index in [1.807, 2.05) is 64.1 Å². The van der Waals surface area contributed by atoms with Crippen molar-refractivity contribution in [2.75, 3.05) is 13.2 Å².